The average molecular weight is 552 g/mol. The summed E-state index contributed by atoms with van der Waals surface area (Å²) in [5.74, 6) is 0.918. The lowest BCUT2D eigenvalue weighted by Crippen LogP contribution is -2.42. The smallest absolute Gasteiger partial charge is 0.191 e. The van der Waals surface area contributed by atoms with Gasteiger partial charge < -0.3 is 20.1 Å². The number of guanidine groups is 1. The van der Waals surface area contributed by atoms with Gasteiger partial charge in [-0.15, -0.1) is 35.3 Å². The second kappa shape index (κ2) is 14.6. The normalized spacial score (nSPS) is 19.9. The first-order valence-corrected chi connectivity index (χ1v) is 11.8. The average Bonchev–Trinajstić information content (AvgIpc) is 3.18. The maximum Gasteiger partial charge on any atom is 0.191 e. The van der Waals surface area contributed by atoms with Crippen LogP contribution in [0.15, 0.2) is 17.1 Å². The van der Waals surface area contributed by atoms with Gasteiger partial charge in [-0.1, -0.05) is 0 Å². The molecule has 2 aliphatic heterocycles. The molecule has 2 fully saturated rings. The molecule has 30 heavy (non-hydrogen) atoms. The molecule has 7 nitrogen and oxygen atoms in total. The van der Waals surface area contributed by atoms with E-state index in [9.17, 15) is 0 Å². The van der Waals surface area contributed by atoms with Gasteiger partial charge >= 0.3 is 0 Å². The molecule has 1 unspecified atom stereocenters. The van der Waals surface area contributed by atoms with Gasteiger partial charge in [0, 0.05) is 49.0 Å². The Morgan fingerprint density at radius 3 is 2.43 bits per heavy atom. The maximum atomic E-state index is 5.56. The van der Waals surface area contributed by atoms with Crippen LogP contribution in [0.5, 0.6) is 0 Å². The van der Waals surface area contributed by atoms with E-state index in [1.807, 2.05) is 11.3 Å². The van der Waals surface area contributed by atoms with Crippen LogP contribution in [-0.2, 0) is 9.47 Å². The third-order valence-corrected chi connectivity index (χ3v) is 6.49. The number of rotatable bonds is 9. The van der Waals surface area contributed by atoms with Gasteiger partial charge in [-0.3, -0.25) is 14.8 Å². The lowest BCUT2D eigenvalue weighted by atomic mass is 10.2. The molecule has 0 aliphatic carbocycles. The fraction of sp³-hybridized carbons (Fsp3) is 0.762. The minimum absolute atomic E-state index is 0. The standard InChI is InChI=1S/C21H37N5O2S.HI/c1-3-22-21(23-7-4-8-25-9-13-27-14-10-25)24-17-19(20-6-5-18(2)29-20)26-11-15-28-16-12-26;/h5-6,19H,3-4,7-17H2,1-2H3,(H2,22,23,24);1H. The molecular formula is C21H38IN5O2S. The lowest BCUT2D eigenvalue weighted by Gasteiger charge is -2.33. The Morgan fingerprint density at radius 1 is 1.10 bits per heavy atom. The first-order chi connectivity index (χ1) is 14.3. The third-order valence-electron chi connectivity index (χ3n) is 5.39. The summed E-state index contributed by atoms with van der Waals surface area (Å²) in [6.07, 6.45) is 1.11. The summed E-state index contributed by atoms with van der Waals surface area (Å²) in [7, 11) is 0. The molecule has 3 heterocycles. The van der Waals surface area contributed by atoms with Crippen LogP contribution in [0.25, 0.3) is 0 Å². The summed E-state index contributed by atoms with van der Waals surface area (Å²) in [4.78, 5) is 12.7. The summed E-state index contributed by atoms with van der Waals surface area (Å²) in [6, 6.07) is 4.80. The predicted octanol–water partition coefficient (Wildman–Crippen LogP) is 2.33. The minimum Gasteiger partial charge on any atom is -0.379 e. The molecule has 0 bridgehead atoms. The van der Waals surface area contributed by atoms with E-state index < -0.39 is 0 Å². The van der Waals surface area contributed by atoms with Crippen molar-refractivity contribution in [1.82, 2.24) is 20.4 Å². The summed E-state index contributed by atoms with van der Waals surface area (Å²) in [6.45, 7) is 15.4. The molecule has 0 spiro atoms. The van der Waals surface area contributed by atoms with Gasteiger partial charge in [0.1, 0.15) is 0 Å². The number of hydrogen-bond acceptors (Lipinski definition) is 6. The van der Waals surface area contributed by atoms with E-state index in [-0.39, 0.29) is 24.0 Å². The number of nitrogens with zero attached hydrogens (tertiary/aromatic N) is 3. The second-order valence-corrected chi connectivity index (χ2v) is 8.89. The van der Waals surface area contributed by atoms with Crippen LogP contribution in [-0.4, -0.2) is 94.5 Å². The van der Waals surface area contributed by atoms with Crippen molar-refractivity contribution in [2.75, 3.05) is 78.8 Å². The van der Waals surface area contributed by atoms with Crippen molar-refractivity contribution >= 4 is 41.3 Å². The molecule has 1 aromatic heterocycles. The zero-order valence-electron chi connectivity index (χ0n) is 18.4. The Morgan fingerprint density at radius 2 is 1.80 bits per heavy atom. The van der Waals surface area contributed by atoms with Gasteiger partial charge in [-0.25, -0.2) is 0 Å². The molecule has 3 rings (SSSR count). The Labute approximate surface area is 202 Å². The monoisotopic (exact) mass is 551 g/mol. The molecule has 2 N–H and O–H groups in total. The van der Waals surface area contributed by atoms with Crippen LogP contribution in [0.2, 0.25) is 0 Å². The van der Waals surface area contributed by atoms with Gasteiger partial charge in [-0.2, -0.15) is 0 Å². The molecule has 0 aromatic carbocycles. The fourth-order valence-corrected chi connectivity index (χ4v) is 4.76. The van der Waals surface area contributed by atoms with Crippen molar-refractivity contribution in [2.45, 2.75) is 26.3 Å². The summed E-state index contributed by atoms with van der Waals surface area (Å²) < 4.78 is 11.0. The van der Waals surface area contributed by atoms with E-state index in [1.165, 1.54) is 9.75 Å². The Balaban J connectivity index is 0.00000320. The molecular weight excluding hydrogens is 513 g/mol. The van der Waals surface area contributed by atoms with E-state index in [2.05, 4.69) is 46.4 Å². The molecule has 2 saturated heterocycles. The molecule has 0 amide bonds. The highest BCUT2D eigenvalue weighted by atomic mass is 127. The lowest BCUT2D eigenvalue weighted by molar-refractivity contribution is 0.0186. The first-order valence-electron chi connectivity index (χ1n) is 11.0. The minimum atomic E-state index is 0. The Bertz CT molecular complexity index is 618. The summed E-state index contributed by atoms with van der Waals surface area (Å²) in [5, 5.41) is 6.92. The van der Waals surface area contributed by atoms with Crippen molar-refractivity contribution in [3.05, 3.63) is 21.9 Å². The molecule has 1 aromatic rings. The number of morpholine rings is 2. The van der Waals surface area contributed by atoms with Gasteiger partial charge in [-0.05, 0) is 38.9 Å². The zero-order valence-corrected chi connectivity index (χ0v) is 21.5. The second-order valence-electron chi connectivity index (χ2n) is 7.57. The van der Waals surface area contributed by atoms with Crippen molar-refractivity contribution in [2.24, 2.45) is 4.99 Å². The van der Waals surface area contributed by atoms with E-state index >= 15 is 0 Å². The first kappa shape index (κ1) is 25.8. The number of aliphatic imine (C=N–C) groups is 1. The molecule has 2 aliphatic rings. The molecule has 0 radical (unpaired) electrons. The van der Waals surface area contributed by atoms with E-state index in [1.54, 1.807) is 0 Å². The van der Waals surface area contributed by atoms with Crippen molar-refractivity contribution < 1.29 is 9.47 Å². The highest BCUT2D eigenvalue weighted by Gasteiger charge is 2.23. The van der Waals surface area contributed by atoms with Crippen molar-refractivity contribution in [1.29, 1.82) is 0 Å². The van der Waals surface area contributed by atoms with E-state index in [4.69, 9.17) is 14.5 Å². The number of aryl methyl sites for hydroxylation is 1. The quantitative estimate of drug-likeness (QED) is 0.213. The van der Waals surface area contributed by atoms with E-state index in [0.29, 0.717) is 6.04 Å². The molecule has 0 saturated carbocycles. The number of ether oxygens (including phenoxy) is 2. The van der Waals surface area contributed by atoms with Crippen molar-refractivity contribution in [3.8, 4) is 0 Å². The SMILES string of the molecule is CCNC(=NCC(c1ccc(C)s1)N1CCOCC1)NCCCN1CCOCC1.I. The van der Waals surface area contributed by atoms with Crippen LogP contribution < -0.4 is 10.6 Å². The van der Waals surface area contributed by atoms with Crippen LogP contribution >= 0.6 is 35.3 Å². The maximum absolute atomic E-state index is 5.56. The highest BCUT2D eigenvalue weighted by molar-refractivity contribution is 14.0. The molecule has 172 valence electrons. The summed E-state index contributed by atoms with van der Waals surface area (Å²) in [5.41, 5.74) is 0. The molecule has 1 atom stereocenters. The highest BCUT2D eigenvalue weighted by Crippen LogP contribution is 2.28. The molecule has 9 heteroatoms. The summed E-state index contributed by atoms with van der Waals surface area (Å²) >= 11 is 1.88. The van der Waals surface area contributed by atoms with Crippen molar-refractivity contribution in [3.63, 3.8) is 0 Å². The zero-order chi connectivity index (χ0) is 20.3. The van der Waals surface area contributed by atoms with Gasteiger partial charge in [0.2, 0.25) is 0 Å². The van der Waals surface area contributed by atoms with E-state index in [0.717, 1.165) is 91.2 Å². The Kier molecular flexibility index (Phi) is 12.5. The third kappa shape index (κ3) is 8.58. The number of halogens is 1. The van der Waals surface area contributed by atoms with Crippen LogP contribution in [0.4, 0.5) is 0 Å². The fourth-order valence-electron chi connectivity index (χ4n) is 3.76. The van der Waals surface area contributed by atoms with Gasteiger partial charge in [0.05, 0.1) is 39.0 Å². The number of nitrogens with one attached hydrogen (secondary N) is 2. The van der Waals surface area contributed by atoms with Crippen LogP contribution in [0.3, 0.4) is 0 Å². The largest absolute Gasteiger partial charge is 0.379 e. The van der Waals surface area contributed by atoms with Gasteiger partial charge in [0.15, 0.2) is 5.96 Å². The predicted molar refractivity (Wildman–Crippen MR) is 135 cm³/mol. The Hall–Kier alpha value is -0.460. The number of hydrogen-bond donors (Lipinski definition) is 2. The topological polar surface area (TPSA) is 61.4 Å². The number of thiophene rings is 1. The van der Waals surface area contributed by atoms with Gasteiger partial charge in [0.25, 0.3) is 0 Å². The van der Waals surface area contributed by atoms with Crippen LogP contribution in [0, 0.1) is 6.92 Å². The van der Waals surface area contributed by atoms with Crippen LogP contribution in [0.1, 0.15) is 29.1 Å².